The molecule has 29 heavy (non-hydrogen) atoms. The molecule has 0 atom stereocenters. The molecule has 4 aromatic rings. The molecule has 0 aliphatic rings. The first-order valence-corrected chi connectivity index (χ1v) is 10.0. The van der Waals surface area contributed by atoms with Gasteiger partial charge in [0.2, 0.25) is 0 Å². The van der Waals surface area contributed by atoms with Crippen LogP contribution in [-0.2, 0) is 13.0 Å². The highest BCUT2D eigenvalue weighted by molar-refractivity contribution is 5.94. The minimum atomic E-state index is -0.0287. The van der Waals surface area contributed by atoms with Crippen molar-refractivity contribution in [2.45, 2.75) is 26.3 Å². The molecule has 1 aromatic heterocycles. The number of aryl methyl sites for hydroxylation is 2. The molecule has 1 amide bonds. The average Bonchev–Trinajstić information content (AvgIpc) is 3.10. The van der Waals surface area contributed by atoms with Crippen LogP contribution in [0.5, 0.6) is 0 Å². The highest BCUT2D eigenvalue weighted by atomic mass is 16.1. The normalized spacial score (nSPS) is 10.9. The van der Waals surface area contributed by atoms with Crippen molar-refractivity contribution in [1.29, 1.82) is 0 Å². The van der Waals surface area contributed by atoms with E-state index in [0.29, 0.717) is 12.1 Å². The van der Waals surface area contributed by atoms with Crippen molar-refractivity contribution in [3.8, 4) is 0 Å². The van der Waals surface area contributed by atoms with E-state index in [0.717, 1.165) is 36.2 Å². The Balaban J connectivity index is 1.47. The monoisotopic (exact) mass is 383 g/mol. The van der Waals surface area contributed by atoms with Gasteiger partial charge < -0.3 is 9.88 Å². The predicted molar refractivity (Wildman–Crippen MR) is 117 cm³/mol. The third kappa shape index (κ3) is 4.37. The van der Waals surface area contributed by atoms with E-state index < -0.39 is 0 Å². The third-order valence-electron chi connectivity index (χ3n) is 5.22. The lowest BCUT2D eigenvalue weighted by Gasteiger charge is -2.12. The maximum Gasteiger partial charge on any atom is 0.251 e. The number of para-hydroxylation sites is 2. The van der Waals surface area contributed by atoms with E-state index in [1.165, 1.54) is 11.1 Å². The molecule has 0 aliphatic carbocycles. The summed E-state index contributed by atoms with van der Waals surface area (Å²) in [5, 5.41) is 3.01. The number of aromatic nitrogens is 2. The molecule has 0 radical (unpaired) electrons. The Morgan fingerprint density at radius 3 is 2.48 bits per heavy atom. The molecular weight excluding hydrogens is 358 g/mol. The fraction of sp³-hybridized carbons (Fsp3) is 0.200. The molecule has 0 spiro atoms. The second-order valence-electron chi connectivity index (χ2n) is 7.25. The Bertz CT molecular complexity index is 1120. The van der Waals surface area contributed by atoms with Crippen LogP contribution in [0.3, 0.4) is 0 Å². The van der Waals surface area contributed by atoms with Gasteiger partial charge in [-0.05, 0) is 48.7 Å². The smallest absolute Gasteiger partial charge is 0.251 e. The van der Waals surface area contributed by atoms with Gasteiger partial charge in [-0.25, -0.2) is 4.98 Å². The van der Waals surface area contributed by atoms with Crippen molar-refractivity contribution in [3.05, 3.63) is 101 Å². The molecular formula is C25H25N3O. The second-order valence-corrected chi connectivity index (χ2v) is 7.25. The number of carbonyl (C=O) groups excluding carboxylic acids is 1. The van der Waals surface area contributed by atoms with Crippen LogP contribution < -0.4 is 5.32 Å². The van der Waals surface area contributed by atoms with Gasteiger partial charge >= 0.3 is 0 Å². The van der Waals surface area contributed by atoms with Gasteiger partial charge in [0.1, 0.15) is 5.82 Å². The Kier molecular flexibility index (Phi) is 5.71. The number of nitrogens with one attached hydrogen (secondary N) is 1. The topological polar surface area (TPSA) is 46.9 Å². The number of hydrogen-bond donors (Lipinski definition) is 1. The Morgan fingerprint density at radius 2 is 1.66 bits per heavy atom. The Hall–Kier alpha value is -3.40. The summed E-state index contributed by atoms with van der Waals surface area (Å²) >= 11 is 0. The summed E-state index contributed by atoms with van der Waals surface area (Å²) in [5.41, 5.74) is 5.45. The number of nitrogens with zero attached hydrogens (tertiary/aromatic N) is 2. The van der Waals surface area contributed by atoms with E-state index in [1.807, 2.05) is 36.4 Å². The van der Waals surface area contributed by atoms with E-state index in [9.17, 15) is 4.79 Å². The molecule has 0 fully saturated rings. The maximum absolute atomic E-state index is 12.2. The van der Waals surface area contributed by atoms with E-state index in [-0.39, 0.29) is 5.91 Å². The van der Waals surface area contributed by atoms with E-state index in [4.69, 9.17) is 4.98 Å². The van der Waals surface area contributed by atoms with Crippen LogP contribution in [-0.4, -0.2) is 22.0 Å². The lowest BCUT2D eigenvalue weighted by atomic mass is 10.1. The Labute approximate surface area is 171 Å². The molecule has 4 rings (SSSR count). The van der Waals surface area contributed by atoms with Crippen LogP contribution in [0.25, 0.3) is 11.0 Å². The van der Waals surface area contributed by atoms with Crippen molar-refractivity contribution >= 4 is 16.9 Å². The van der Waals surface area contributed by atoms with Crippen LogP contribution in [0.15, 0.2) is 78.9 Å². The number of imidazole rings is 1. The summed E-state index contributed by atoms with van der Waals surface area (Å²) in [7, 11) is 0. The number of carbonyl (C=O) groups is 1. The molecule has 0 saturated heterocycles. The maximum atomic E-state index is 12.2. The fourth-order valence-corrected chi connectivity index (χ4v) is 3.59. The summed E-state index contributed by atoms with van der Waals surface area (Å²) in [6.45, 7) is 3.58. The zero-order valence-corrected chi connectivity index (χ0v) is 16.6. The molecule has 0 saturated carbocycles. The van der Waals surface area contributed by atoms with Crippen LogP contribution in [0.4, 0.5) is 0 Å². The van der Waals surface area contributed by atoms with Gasteiger partial charge in [-0.1, -0.05) is 54.6 Å². The molecule has 4 nitrogen and oxygen atoms in total. The first kappa shape index (κ1) is 18.9. The van der Waals surface area contributed by atoms with Crippen molar-refractivity contribution in [3.63, 3.8) is 0 Å². The van der Waals surface area contributed by atoms with Gasteiger partial charge in [-0.2, -0.15) is 0 Å². The van der Waals surface area contributed by atoms with Crippen molar-refractivity contribution < 1.29 is 4.79 Å². The molecule has 0 bridgehead atoms. The highest BCUT2D eigenvalue weighted by Crippen LogP contribution is 2.20. The molecule has 1 N–H and O–H groups in total. The van der Waals surface area contributed by atoms with Gasteiger partial charge in [0, 0.05) is 25.1 Å². The average molecular weight is 383 g/mol. The summed E-state index contributed by atoms with van der Waals surface area (Å²) in [4.78, 5) is 17.1. The van der Waals surface area contributed by atoms with E-state index >= 15 is 0 Å². The number of fused-ring (bicyclic) bond motifs is 1. The van der Waals surface area contributed by atoms with Crippen LogP contribution >= 0.6 is 0 Å². The number of amides is 1. The van der Waals surface area contributed by atoms with Gasteiger partial charge in [0.05, 0.1) is 11.0 Å². The number of hydrogen-bond acceptors (Lipinski definition) is 2. The minimum absolute atomic E-state index is 0.0287. The highest BCUT2D eigenvalue weighted by Gasteiger charge is 2.12. The zero-order valence-electron chi connectivity index (χ0n) is 16.6. The van der Waals surface area contributed by atoms with Crippen LogP contribution in [0.2, 0.25) is 0 Å². The lowest BCUT2D eigenvalue weighted by Crippen LogP contribution is -2.24. The van der Waals surface area contributed by atoms with Crippen molar-refractivity contribution in [2.24, 2.45) is 0 Å². The van der Waals surface area contributed by atoms with Crippen molar-refractivity contribution in [1.82, 2.24) is 14.9 Å². The van der Waals surface area contributed by atoms with Gasteiger partial charge in [-0.3, -0.25) is 4.79 Å². The van der Waals surface area contributed by atoms with E-state index in [1.54, 1.807) is 0 Å². The minimum Gasteiger partial charge on any atom is -0.352 e. The summed E-state index contributed by atoms with van der Waals surface area (Å²) in [6, 6.07) is 26.1. The van der Waals surface area contributed by atoms with Gasteiger partial charge in [-0.15, -0.1) is 0 Å². The summed E-state index contributed by atoms with van der Waals surface area (Å²) in [5.74, 6) is 1.03. The Morgan fingerprint density at radius 1 is 0.931 bits per heavy atom. The number of rotatable bonds is 7. The molecule has 0 aliphatic heterocycles. The first-order chi connectivity index (χ1) is 14.2. The summed E-state index contributed by atoms with van der Waals surface area (Å²) in [6.07, 6.45) is 1.66. The predicted octanol–water partition coefficient (Wildman–Crippen LogP) is 4.76. The molecule has 4 heteroatoms. The zero-order chi connectivity index (χ0) is 20.1. The van der Waals surface area contributed by atoms with Crippen LogP contribution in [0, 0.1) is 6.92 Å². The standard InChI is InChI=1S/C25H25N3O/c1-19-10-5-6-13-21(19)18-28-23-15-8-7-14-22(23)27-24(28)16-9-17-26-25(29)20-11-3-2-4-12-20/h2-8,10-15H,9,16-18H2,1H3,(H,26,29). The molecule has 1 heterocycles. The lowest BCUT2D eigenvalue weighted by molar-refractivity contribution is 0.0953. The largest absolute Gasteiger partial charge is 0.352 e. The van der Waals surface area contributed by atoms with E-state index in [2.05, 4.69) is 59.3 Å². The van der Waals surface area contributed by atoms with Gasteiger partial charge in [0.25, 0.3) is 5.91 Å². The number of benzene rings is 3. The SMILES string of the molecule is Cc1ccccc1Cn1c(CCCNC(=O)c2ccccc2)nc2ccccc21. The fourth-order valence-electron chi connectivity index (χ4n) is 3.59. The first-order valence-electron chi connectivity index (χ1n) is 10.0. The quantitative estimate of drug-likeness (QED) is 0.468. The third-order valence-corrected chi connectivity index (χ3v) is 5.22. The summed E-state index contributed by atoms with van der Waals surface area (Å²) < 4.78 is 2.30. The van der Waals surface area contributed by atoms with Crippen molar-refractivity contribution in [2.75, 3.05) is 6.54 Å². The molecule has 0 unspecified atom stereocenters. The molecule has 3 aromatic carbocycles. The van der Waals surface area contributed by atoms with Crippen LogP contribution in [0.1, 0.15) is 33.7 Å². The van der Waals surface area contributed by atoms with Gasteiger partial charge in [0.15, 0.2) is 0 Å². The molecule has 146 valence electrons. The second kappa shape index (κ2) is 8.74.